The summed E-state index contributed by atoms with van der Waals surface area (Å²) in [6.07, 6.45) is -3.12. The van der Waals surface area contributed by atoms with Gasteiger partial charge in [-0.05, 0) is 6.92 Å². The normalized spacial score (nSPS) is 34.0. The molecule has 1 aromatic heterocycles. The Morgan fingerprint density at radius 1 is 1.33 bits per heavy atom. The standard InChI is InChI=1S/C11H19N3O6S/c1-6-9(15)11(17)10(16)8(20-6)4-13-21(18,19)7-3-12-14(2)5-7/h3,5-6,8-11,13,15-17H,4H2,1-2H3/t6?,8?,9-,10?,11?/m1/s1. The smallest absolute Gasteiger partial charge is 0.243 e. The molecule has 0 spiro atoms. The molecule has 0 amide bonds. The predicted molar refractivity (Wildman–Crippen MR) is 70.8 cm³/mol. The van der Waals surface area contributed by atoms with Gasteiger partial charge in [-0.25, -0.2) is 13.1 Å². The molecule has 10 heteroatoms. The van der Waals surface area contributed by atoms with Crippen LogP contribution in [-0.4, -0.2) is 70.6 Å². The van der Waals surface area contributed by atoms with Crippen LogP contribution in [0.2, 0.25) is 0 Å². The molecule has 2 heterocycles. The number of aryl methyl sites for hydroxylation is 1. The average Bonchev–Trinajstić information content (AvgIpc) is 2.86. The maximum atomic E-state index is 12.0. The molecule has 5 atom stereocenters. The summed E-state index contributed by atoms with van der Waals surface area (Å²) in [5.41, 5.74) is 0. The van der Waals surface area contributed by atoms with Crippen LogP contribution in [0.15, 0.2) is 17.3 Å². The van der Waals surface area contributed by atoms with Gasteiger partial charge >= 0.3 is 0 Å². The highest BCUT2D eigenvalue weighted by molar-refractivity contribution is 7.89. The van der Waals surface area contributed by atoms with Gasteiger partial charge in [0.2, 0.25) is 10.0 Å². The fraction of sp³-hybridized carbons (Fsp3) is 0.727. The van der Waals surface area contributed by atoms with Crippen LogP contribution in [-0.2, 0) is 21.8 Å². The Labute approximate surface area is 122 Å². The van der Waals surface area contributed by atoms with E-state index in [0.29, 0.717) is 0 Å². The molecule has 4 N–H and O–H groups in total. The van der Waals surface area contributed by atoms with Crippen LogP contribution in [0.1, 0.15) is 6.92 Å². The van der Waals surface area contributed by atoms with E-state index in [-0.39, 0.29) is 11.4 Å². The quantitative estimate of drug-likeness (QED) is 0.484. The summed E-state index contributed by atoms with van der Waals surface area (Å²) in [5, 5.41) is 32.8. The first-order chi connectivity index (χ1) is 9.72. The molecule has 1 aromatic rings. The lowest BCUT2D eigenvalue weighted by Gasteiger charge is -2.39. The van der Waals surface area contributed by atoms with E-state index >= 15 is 0 Å². The third kappa shape index (κ3) is 3.42. The molecule has 0 aromatic carbocycles. The van der Waals surface area contributed by atoms with Crippen molar-refractivity contribution in [2.75, 3.05) is 6.54 Å². The molecular weight excluding hydrogens is 302 g/mol. The first kappa shape index (κ1) is 16.3. The summed E-state index contributed by atoms with van der Waals surface area (Å²) in [7, 11) is -2.19. The second kappa shape index (κ2) is 5.99. The predicted octanol–water partition coefficient (Wildman–Crippen LogP) is -2.43. The molecule has 1 aliphatic heterocycles. The number of aliphatic hydroxyl groups excluding tert-OH is 3. The van der Waals surface area contributed by atoms with Crippen LogP contribution < -0.4 is 4.72 Å². The number of hydrogen-bond donors (Lipinski definition) is 4. The van der Waals surface area contributed by atoms with Gasteiger partial charge < -0.3 is 20.1 Å². The minimum atomic E-state index is -3.78. The number of hydrogen-bond acceptors (Lipinski definition) is 7. The van der Waals surface area contributed by atoms with Gasteiger partial charge in [0, 0.05) is 19.8 Å². The van der Waals surface area contributed by atoms with Gasteiger partial charge in [-0.3, -0.25) is 4.68 Å². The van der Waals surface area contributed by atoms with E-state index in [1.165, 1.54) is 24.0 Å². The lowest BCUT2D eigenvalue weighted by atomic mass is 9.96. The molecule has 1 aliphatic rings. The zero-order valence-corrected chi connectivity index (χ0v) is 12.4. The number of nitrogens with one attached hydrogen (secondary N) is 1. The van der Waals surface area contributed by atoms with Crippen molar-refractivity contribution in [3.05, 3.63) is 12.4 Å². The van der Waals surface area contributed by atoms with Crippen LogP contribution in [0.4, 0.5) is 0 Å². The highest BCUT2D eigenvalue weighted by Gasteiger charge is 2.41. The Hall–Kier alpha value is -1.04. The molecule has 0 radical (unpaired) electrons. The van der Waals surface area contributed by atoms with Gasteiger partial charge in [0.05, 0.1) is 12.3 Å². The lowest BCUT2D eigenvalue weighted by molar-refractivity contribution is -0.214. The van der Waals surface area contributed by atoms with Crippen molar-refractivity contribution in [3.63, 3.8) is 0 Å². The van der Waals surface area contributed by atoms with Gasteiger partial charge in [0.25, 0.3) is 0 Å². The van der Waals surface area contributed by atoms with E-state index in [2.05, 4.69) is 9.82 Å². The molecule has 21 heavy (non-hydrogen) atoms. The maximum absolute atomic E-state index is 12.0. The maximum Gasteiger partial charge on any atom is 0.243 e. The summed E-state index contributed by atoms with van der Waals surface area (Å²) in [4.78, 5) is -0.0102. The third-order valence-corrected chi connectivity index (χ3v) is 4.80. The number of ether oxygens (including phenoxy) is 1. The molecule has 4 unspecified atom stereocenters. The second-order valence-corrected chi connectivity index (χ2v) is 6.82. The first-order valence-electron chi connectivity index (χ1n) is 6.40. The summed E-state index contributed by atoms with van der Waals surface area (Å²) in [5.74, 6) is 0. The van der Waals surface area contributed by atoms with Gasteiger partial charge in [-0.15, -0.1) is 0 Å². The van der Waals surface area contributed by atoms with Crippen molar-refractivity contribution in [1.29, 1.82) is 0 Å². The Bertz CT molecular complexity index is 589. The number of aliphatic hydroxyl groups is 3. The molecule has 0 aliphatic carbocycles. The molecule has 1 saturated heterocycles. The summed E-state index contributed by atoms with van der Waals surface area (Å²) >= 11 is 0. The van der Waals surface area contributed by atoms with Gasteiger partial charge in [-0.2, -0.15) is 5.10 Å². The molecule has 9 nitrogen and oxygen atoms in total. The summed E-state index contributed by atoms with van der Waals surface area (Å²) < 4.78 is 33.0. The van der Waals surface area contributed by atoms with Gasteiger partial charge in [0.1, 0.15) is 29.3 Å². The zero-order valence-electron chi connectivity index (χ0n) is 11.6. The fourth-order valence-electron chi connectivity index (χ4n) is 2.12. The molecule has 0 saturated carbocycles. The topological polar surface area (TPSA) is 134 Å². The highest BCUT2D eigenvalue weighted by atomic mass is 32.2. The molecule has 2 rings (SSSR count). The van der Waals surface area contributed by atoms with Crippen LogP contribution in [0, 0.1) is 0 Å². The van der Waals surface area contributed by atoms with E-state index in [4.69, 9.17) is 4.74 Å². The zero-order chi connectivity index (χ0) is 15.8. The van der Waals surface area contributed by atoms with Crippen LogP contribution in [0.25, 0.3) is 0 Å². The number of sulfonamides is 1. The first-order valence-corrected chi connectivity index (χ1v) is 7.88. The van der Waals surface area contributed by atoms with Crippen molar-refractivity contribution in [2.24, 2.45) is 7.05 Å². The van der Waals surface area contributed by atoms with E-state index in [9.17, 15) is 23.7 Å². The average molecular weight is 321 g/mol. The minimum absolute atomic E-state index is 0.0102. The Kier molecular flexibility index (Phi) is 4.66. The minimum Gasteiger partial charge on any atom is -0.388 e. The lowest BCUT2D eigenvalue weighted by Crippen LogP contribution is -2.59. The molecular formula is C11H19N3O6S. The monoisotopic (exact) mass is 321 g/mol. The van der Waals surface area contributed by atoms with Crippen LogP contribution in [0.5, 0.6) is 0 Å². The molecule has 120 valence electrons. The van der Waals surface area contributed by atoms with Crippen molar-refractivity contribution in [1.82, 2.24) is 14.5 Å². The van der Waals surface area contributed by atoms with E-state index in [1.807, 2.05) is 0 Å². The van der Waals surface area contributed by atoms with Crippen molar-refractivity contribution < 1.29 is 28.5 Å². The largest absolute Gasteiger partial charge is 0.388 e. The van der Waals surface area contributed by atoms with E-state index < -0.39 is 40.5 Å². The van der Waals surface area contributed by atoms with Crippen molar-refractivity contribution in [2.45, 2.75) is 42.3 Å². The van der Waals surface area contributed by atoms with Crippen LogP contribution in [0.3, 0.4) is 0 Å². The number of rotatable bonds is 4. The molecule has 1 fully saturated rings. The Morgan fingerprint density at radius 3 is 2.57 bits per heavy atom. The summed E-state index contributed by atoms with van der Waals surface area (Å²) in [6, 6.07) is 0. The van der Waals surface area contributed by atoms with Crippen molar-refractivity contribution in [3.8, 4) is 0 Å². The highest BCUT2D eigenvalue weighted by Crippen LogP contribution is 2.21. The molecule has 0 bridgehead atoms. The Balaban J connectivity index is 2.02. The number of aromatic nitrogens is 2. The van der Waals surface area contributed by atoms with Gasteiger partial charge in [-0.1, -0.05) is 0 Å². The van der Waals surface area contributed by atoms with E-state index in [0.717, 1.165) is 0 Å². The van der Waals surface area contributed by atoms with E-state index in [1.54, 1.807) is 7.05 Å². The van der Waals surface area contributed by atoms with Crippen molar-refractivity contribution >= 4 is 10.0 Å². The number of nitrogens with zero attached hydrogens (tertiary/aromatic N) is 2. The third-order valence-electron chi connectivity index (χ3n) is 3.42. The van der Waals surface area contributed by atoms with Gasteiger partial charge in [0.15, 0.2) is 0 Å². The summed E-state index contributed by atoms with van der Waals surface area (Å²) in [6.45, 7) is 1.30. The SMILES string of the molecule is CC1OC(CNS(=O)(=O)c2cnn(C)c2)C(O)C(O)[C@@H]1O. The Morgan fingerprint density at radius 2 is 2.00 bits per heavy atom. The second-order valence-electron chi connectivity index (χ2n) is 5.05. The fourth-order valence-corrected chi connectivity index (χ4v) is 3.15. The van der Waals surface area contributed by atoms with Crippen LogP contribution >= 0.6 is 0 Å².